The van der Waals surface area contributed by atoms with Gasteiger partial charge in [0.25, 0.3) is 0 Å². The van der Waals surface area contributed by atoms with Crippen LogP contribution in [0.5, 0.6) is 0 Å². The molecule has 88 valence electrons. The highest BCUT2D eigenvalue weighted by molar-refractivity contribution is 5.26. The minimum atomic E-state index is -4.37. The van der Waals surface area contributed by atoms with Crippen molar-refractivity contribution in [3.63, 3.8) is 0 Å². The highest BCUT2D eigenvalue weighted by Crippen LogP contribution is 2.29. The summed E-state index contributed by atoms with van der Waals surface area (Å²) in [6, 6.07) is 4.74. The molecule has 0 bridgehead atoms. The first-order chi connectivity index (χ1) is 7.43. The van der Waals surface area contributed by atoms with E-state index in [1.54, 1.807) is 0 Å². The van der Waals surface area contributed by atoms with E-state index in [2.05, 4.69) is 6.58 Å². The zero-order valence-corrected chi connectivity index (χ0v) is 8.60. The van der Waals surface area contributed by atoms with E-state index in [1.165, 1.54) is 18.2 Å². The molecule has 0 radical (unpaired) electrons. The van der Waals surface area contributed by atoms with Crippen LogP contribution in [0.1, 0.15) is 17.5 Å². The summed E-state index contributed by atoms with van der Waals surface area (Å²) in [7, 11) is 0. The van der Waals surface area contributed by atoms with Crippen LogP contribution in [0.2, 0.25) is 0 Å². The maximum Gasteiger partial charge on any atom is 0.416 e. The molecule has 1 atom stereocenters. The lowest BCUT2D eigenvalue weighted by Gasteiger charge is -2.10. The predicted octanol–water partition coefficient (Wildman–Crippen LogP) is 4.16. The zero-order valence-electron chi connectivity index (χ0n) is 8.60. The molecule has 4 heteroatoms. The Balaban J connectivity index is 2.79. The molecule has 0 fully saturated rings. The van der Waals surface area contributed by atoms with Gasteiger partial charge in [-0.1, -0.05) is 24.3 Å². The third-order valence-electron chi connectivity index (χ3n) is 2.13. The lowest BCUT2D eigenvalue weighted by atomic mass is 10.0. The standard InChI is InChI=1S/C12H12F4/c1-2-4-11(13)8-9-5-3-6-10(7-9)12(14,15)16/h2-3,5-7,11H,1,4,8H2. The van der Waals surface area contributed by atoms with Gasteiger partial charge < -0.3 is 0 Å². The van der Waals surface area contributed by atoms with E-state index >= 15 is 0 Å². The van der Waals surface area contributed by atoms with Crippen LogP contribution in [0.3, 0.4) is 0 Å². The van der Waals surface area contributed by atoms with Crippen molar-refractivity contribution >= 4 is 0 Å². The molecule has 0 heterocycles. The molecule has 0 N–H and O–H groups in total. The number of hydrogen-bond acceptors (Lipinski definition) is 0. The van der Waals surface area contributed by atoms with Crippen LogP contribution in [-0.4, -0.2) is 6.17 Å². The summed E-state index contributed by atoms with van der Waals surface area (Å²) >= 11 is 0. The molecule has 1 aromatic carbocycles. The van der Waals surface area contributed by atoms with Gasteiger partial charge >= 0.3 is 6.18 Å². The molecule has 0 aliphatic rings. The summed E-state index contributed by atoms with van der Waals surface area (Å²) in [6.07, 6.45) is -4.01. The Morgan fingerprint density at radius 2 is 2.00 bits per heavy atom. The molecule has 0 aromatic heterocycles. The Morgan fingerprint density at radius 1 is 1.31 bits per heavy atom. The fourth-order valence-corrected chi connectivity index (χ4v) is 1.39. The summed E-state index contributed by atoms with van der Waals surface area (Å²) in [5.41, 5.74) is -0.389. The van der Waals surface area contributed by atoms with Crippen LogP contribution >= 0.6 is 0 Å². The molecule has 1 rings (SSSR count). The minimum Gasteiger partial charge on any atom is -0.247 e. The van der Waals surface area contributed by atoms with E-state index in [0.717, 1.165) is 12.1 Å². The number of benzene rings is 1. The second-order valence-electron chi connectivity index (χ2n) is 3.52. The Hall–Kier alpha value is -1.32. The van der Waals surface area contributed by atoms with Gasteiger partial charge in [0, 0.05) is 6.42 Å². The van der Waals surface area contributed by atoms with E-state index in [4.69, 9.17) is 0 Å². The Morgan fingerprint density at radius 3 is 2.56 bits per heavy atom. The lowest BCUT2D eigenvalue weighted by Crippen LogP contribution is -2.08. The second-order valence-corrected chi connectivity index (χ2v) is 3.52. The molecule has 1 unspecified atom stereocenters. The molecule has 0 saturated carbocycles. The topological polar surface area (TPSA) is 0 Å². The Labute approximate surface area is 91.6 Å². The number of hydrogen-bond donors (Lipinski definition) is 0. The van der Waals surface area contributed by atoms with Gasteiger partial charge in [-0.15, -0.1) is 6.58 Å². The highest BCUT2D eigenvalue weighted by atomic mass is 19.4. The summed E-state index contributed by atoms with van der Waals surface area (Å²) in [5.74, 6) is 0. The van der Waals surface area contributed by atoms with Crippen molar-refractivity contribution in [1.29, 1.82) is 0 Å². The first kappa shape index (κ1) is 12.7. The van der Waals surface area contributed by atoms with Crippen LogP contribution in [-0.2, 0) is 12.6 Å². The van der Waals surface area contributed by atoms with Crippen LogP contribution in [0.4, 0.5) is 17.6 Å². The van der Waals surface area contributed by atoms with Gasteiger partial charge in [0.2, 0.25) is 0 Å². The average molecular weight is 232 g/mol. The Bertz CT molecular complexity index is 354. The summed E-state index contributed by atoms with van der Waals surface area (Å²) in [5, 5.41) is 0. The van der Waals surface area contributed by atoms with Crippen molar-refractivity contribution < 1.29 is 17.6 Å². The van der Waals surface area contributed by atoms with Crippen LogP contribution in [0, 0.1) is 0 Å². The van der Waals surface area contributed by atoms with Crippen LogP contribution in [0.25, 0.3) is 0 Å². The summed E-state index contributed by atoms with van der Waals surface area (Å²) < 4.78 is 50.2. The van der Waals surface area contributed by atoms with Gasteiger partial charge in [0.05, 0.1) is 5.56 Å². The third kappa shape index (κ3) is 3.68. The van der Waals surface area contributed by atoms with Crippen molar-refractivity contribution in [2.45, 2.75) is 25.2 Å². The molecular formula is C12H12F4. The number of rotatable bonds is 4. The third-order valence-corrected chi connectivity index (χ3v) is 2.13. The zero-order chi connectivity index (χ0) is 12.2. The fourth-order valence-electron chi connectivity index (χ4n) is 1.39. The molecule has 0 spiro atoms. The molecule has 0 nitrogen and oxygen atoms in total. The van der Waals surface area contributed by atoms with Gasteiger partial charge in [-0.3, -0.25) is 0 Å². The van der Waals surface area contributed by atoms with E-state index in [9.17, 15) is 17.6 Å². The van der Waals surface area contributed by atoms with Gasteiger partial charge in [0.15, 0.2) is 0 Å². The van der Waals surface area contributed by atoms with Crippen molar-refractivity contribution in [1.82, 2.24) is 0 Å². The Kier molecular flexibility index (Phi) is 4.10. The van der Waals surface area contributed by atoms with E-state index in [-0.39, 0.29) is 12.8 Å². The maximum atomic E-state index is 13.2. The average Bonchev–Trinajstić information content (AvgIpc) is 2.17. The normalized spacial score (nSPS) is 13.5. The monoisotopic (exact) mass is 232 g/mol. The van der Waals surface area contributed by atoms with Gasteiger partial charge in [0.1, 0.15) is 6.17 Å². The lowest BCUT2D eigenvalue weighted by molar-refractivity contribution is -0.137. The second kappa shape index (κ2) is 5.14. The maximum absolute atomic E-state index is 13.2. The molecule has 0 amide bonds. The van der Waals surface area contributed by atoms with E-state index in [0.29, 0.717) is 5.56 Å². The first-order valence-corrected chi connectivity index (χ1v) is 4.84. The van der Waals surface area contributed by atoms with Gasteiger partial charge in [-0.2, -0.15) is 13.2 Å². The first-order valence-electron chi connectivity index (χ1n) is 4.84. The minimum absolute atomic E-state index is 0.0179. The molecular weight excluding hydrogens is 220 g/mol. The van der Waals surface area contributed by atoms with Gasteiger partial charge in [-0.05, 0) is 18.1 Å². The van der Waals surface area contributed by atoms with Crippen LogP contribution in [0.15, 0.2) is 36.9 Å². The number of alkyl halides is 4. The summed E-state index contributed by atoms with van der Waals surface area (Å²) in [4.78, 5) is 0. The van der Waals surface area contributed by atoms with Crippen molar-refractivity contribution in [3.8, 4) is 0 Å². The van der Waals surface area contributed by atoms with Crippen LogP contribution < -0.4 is 0 Å². The molecule has 16 heavy (non-hydrogen) atoms. The van der Waals surface area contributed by atoms with Crippen molar-refractivity contribution in [2.75, 3.05) is 0 Å². The van der Waals surface area contributed by atoms with Crippen molar-refractivity contribution in [2.24, 2.45) is 0 Å². The SMILES string of the molecule is C=CCC(F)Cc1cccc(C(F)(F)F)c1. The van der Waals surface area contributed by atoms with E-state index < -0.39 is 17.9 Å². The quantitative estimate of drug-likeness (QED) is 0.540. The predicted molar refractivity (Wildman–Crippen MR) is 54.9 cm³/mol. The molecule has 0 aliphatic heterocycles. The van der Waals surface area contributed by atoms with Crippen molar-refractivity contribution in [3.05, 3.63) is 48.0 Å². The van der Waals surface area contributed by atoms with Gasteiger partial charge in [-0.25, -0.2) is 4.39 Å². The number of halogens is 4. The van der Waals surface area contributed by atoms with E-state index in [1.807, 2.05) is 0 Å². The number of allylic oxidation sites excluding steroid dienone is 1. The fraction of sp³-hybridized carbons (Fsp3) is 0.333. The molecule has 0 saturated heterocycles. The smallest absolute Gasteiger partial charge is 0.247 e. The molecule has 0 aliphatic carbocycles. The summed E-state index contributed by atoms with van der Waals surface area (Å²) in [6.45, 7) is 3.38. The molecule has 1 aromatic rings. The highest BCUT2D eigenvalue weighted by Gasteiger charge is 2.30. The largest absolute Gasteiger partial charge is 0.416 e.